The van der Waals surface area contributed by atoms with Crippen molar-refractivity contribution in [3.63, 3.8) is 0 Å². The first kappa shape index (κ1) is 33.3. The predicted octanol–water partition coefficient (Wildman–Crippen LogP) is 15.8. The summed E-state index contributed by atoms with van der Waals surface area (Å²) >= 11 is 0. The highest BCUT2D eigenvalue weighted by molar-refractivity contribution is 6.22. The Balaban J connectivity index is 1.16. The fraction of sp³-hybridized carbons (Fsp3) is 0.0526. The van der Waals surface area contributed by atoms with Crippen LogP contribution in [0.1, 0.15) is 25.0 Å². The molecule has 10 aromatic rings. The molecule has 57 heavy (non-hydrogen) atoms. The molecule has 0 radical (unpaired) electrons. The number of fused-ring (bicyclic) bond motifs is 6. The van der Waals surface area contributed by atoms with Gasteiger partial charge in [0.1, 0.15) is 0 Å². The maximum Gasteiger partial charge on any atom is 0.0159 e. The first-order valence-electron chi connectivity index (χ1n) is 20.0. The molecule has 11 rings (SSSR count). The molecule has 10 aromatic carbocycles. The van der Waals surface area contributed by atoms with Gasteiger partial charge in [-0.05, 0) is 128 Å². The summed E-state index contributed by atoms with van der Waals surface area (Å²) in [5.74, 6) is 0. The Bertz CT molecular complexity index is 3180. The van der Waals surface area contributed by atoms with Gasteiger partial charge in [0.05, 0.1) is 0 Å². The number of rotatable bonds is 5. The molecule has 0 fully saturated rings. The normalized spacial score (nSPS) is 12.9. The van der Waals surface area contributed by atoms with Gasteiger partial charge in [-0.25, -0.2) is 0 Å². The molecule has 0 saturated heterocycles. The third-order valence-corrected chi connectivity index (χ3v) is 12.5. The van der Waals surface area contributed by atoms with Crippen molar-refractivity contribution < 1.29 is 0 Å². The Morgan fingerprint density at radius 3 is 1.56 bits per heavy atom. The smallest absolute Gasteiger partial charge is 0.0159 e. The van der Waals surface area contributed by atoms with E-state index >= 15 is 0 Å². The minimum Gasteiger partial charge on any atom is -0.0622 e. The second-order valence-electron chi connectivity index (χ2n) is 16.0. The van der Waals surface area contributed by atoms with Gasteiger partial charge in [0.25, 0.3) is 0 Å². The molecule has 0 N–H and O–H groups in total. The van der Waals surface area contributed by atoms with Crippen molar-refractivity contribution >= 4 is 32.3 Å². The molecule has 1 aliphatic carbocycles. The van der Waals surface area contributed by atoms with Crippen LogP contribution in [0.3, 0.4) is 0 Å². The Kier molecular flexibility index (Phi) is 7.63. The van der Waals surface area contributed by atoms with Gasteiger partial charge >= 0.3 is 0 Å². The van der Waals surface area contributed by atoms with Gasteiger partial charge < -0.3 is 0 Å². The monoisotopic (exact) mass is 724 g/mol. The van der Waals surface area contributed by atoms with E-state index in [1.165, 1.54) is 110 Å². The number of hydrogen-bond donors (Lipinski definition) is 0. The molecular weight excluding hydrogens is 685 g/mol. The van der Waals surface area contributed by atoms with Crippen LogP contribution >= 0.6 is 0 Å². The summed E-state index contributed by atoms with van der Waals surface area (Å²) in [6, 6.07) is 76.5. The van der Waals surface area contributed by atoms with Crippen LogP contribution in [0, 0.1) is 0 Å². The van der Waals surface area contributed by atoms with Crippen LogP contribution in [0.4, 0.5) is 0 Å². The second kappa shape index (κ2) is 13.0. The molecule has 1 aliphatic rings. The van der Waals surface area contributed by atoms with E-state index in [1.54, 1.807) is 0 Å². The number of benzene rings is 10. The molecule has 0 bridgehead atoms. The fourth-order valence-corrected chi connectivity index (χ4v) is 9.64. The van der Waals surface area contributed by atoms with Crippen LogP contribution in [-0.2, 0) is 5.41 Å². The molecule has 0 heterocycles. The van der Waals surface area contributed by atoms with Crippen molar-refractivity contribution in [3.05, 3.63) is 217 Å². The van der Waals surface area contributed by atoms with Crippen molar-refractivity contribution in [2.45, 2.75) is 19.3 Å². The first-order chi connectivity index (χ1) is 28.0. The van der Waals surface area contributed by atoms with Crippen LogP contribution in [0.5, 0.6) is 0 Å². The van der Waals surface area contributed by atoms with Crippen molar-refractivity contribution in [1.82, 2.24) is 0 Å². The average molecular weight is 725 g/mol. The summed E-state index contributed by atoms with van der Waals surface area (Å²) in [5.41, 5.74) is 17.8. The summed E-state index contributed by atoms with van der Waals surface area (Å²) in [6.07, 6.45) is 0. The minimum atomic E-state index is -0.0959. The largest absolute Gasteiger partial charge is 0.0622 e. The van der Waals surface area contributed by atoms with Crippen molar-refractivity contribution in [2.24, 2.45) is 0 Å². The fourth-order valence-electron chi connectivity index (χ4n) is 9.64. The van der Waals surface area contributed by atoms with E-state index < -0.39 is 0 Å². The van der Waals surface area contributed by atoms with Gasteiger partial charge in [-0.3, -0.25) is 0 Å². The van der Waals surface area contributed by atoms with Gasteiger partial charge in [0.15, 0.2) is 0 Å². The standard InChI is InChI=1S/C57H40/c1-57(2)53-25-11-10-21-47(53)48-32-31-44(36-54(48)57)56-50-23-9-8-22-49(50)55(51-33-30-42(35-52(51)56)46-24-13-17-40-16-6-7-20-45(40)46)43-19-12-18-41(34-43)39-28-26-38(27-29-39)37-14-4-3-5-15-37/h3-36H,1-2H3. The molecule has 0 unspecified atom stereocenters. The molecule has 0 nitrogen and oxygen atoms in total. The lowest BCUT2D eigenvalue weighted by molar-refractivity contribution is 0.660. The van der Waals surface area contributed by atoms with Crippen molar-refractivity contribution in [1.29, 1.82) is 0 Å². The quantitative estimate of drug-likeness (QED) is 0.155. The van der Waals surface area contributed by atoms with Crippen molar-refractivity contribution in [2.75, 3.05) is 0 Å². The van der Waals surface area contributed by atoms with Gasteiger partial charge in [-0.1, -0.05) is 202 Å². The first-order valence-corrected chi connectivity index (χ1v) is 20.0. The topological polar surface area (TPSA) is 0 Å². The van der Waals surface area contributed by atoms with E-state index in [2.05, 4.69) is 220 Å². The van der Waals surface area contributed by atoms with E-state index in [1.807, 2.05) is 0 Å². The van der Waals surface area contributed by atoms with E-state index in [4.69, 9.17) is 0 Å². The van der Waals surface area contributed by atoms with Gasteiger partial charge in [-0.2, -0.15) is 0 Å². The molecule has 0 spiro atoms. The van der Waals surface area contributed by atoms with Gasteiger partial charge in [0.2, 0.25) is 0 Å². The van der Waals surface area contributed by atoms with Gasteiger partial charge in [-0.15, -0.1) is 0 Å². The second-order valence-corrected chi connectivity index (χ2v) is 16.0. The Hall–Kier alpha value is -7.02. The summed E-state index contributed by atoms with van der Waals surface area (Å²) in [5, 5.41) is 7.57. The lowest BCUT2D eigenvalue weighted by Gasteiger charge is -2.23. The zero-order valence-electron chi connectivity index (χ0n) is 32.1. The van der Waals surface area contributed by atoms with Crippen LogP contribution in [-0.4, -0.2) is 0 Å². The lowest BCUT2D eigenvalue weighted by atomic mass is 9.80. The lowest BCUT2D eigenvalue weighted by Crippen LogP contribution is -2.14. The molecule has 0 amide bonds. The molecule has 268 valence electrons. The third-order valence-electron chi connectivity index (χ3n) is 12.5. The molecule has 0 atom stereocenters. The van der Waals surface area contributed by atoms with E-state index in [-0.39, 0.29) is 5.41 Å². The highest BCUT2D eigenvalue weighted by atomic mass is 14.4. The minimum absolute atomic E-state index is 0.0959. The van der Waals surface area contributed by atoms with Crippen LogP contribution in [0.15, 0.2) is 206 Å². The van der Waals surface area contributed by atoms with Crippen LogP contribution < -0.4 is 0 Å². The maximum absolute atomic E-state index is 2.49. The molecular formula is C57H40. The summed E-state index contributed by atoms with van der Waals surface area (Å²) in [4.78, 5) is 0. The Morgan fingerprint density at radius 2 is 0.754 bits per heavy atom. The summed E-state index contributed by atoms with van der Waals surface area (Å²) < 4.78 is 0. The zero-order chi connectivity index (χ0) is 38.1. The maximum atomic E-state index is 2.49. The van der Waals surface area contributed by atoms with Crippen molar-refractivity contribution in [3.8, 4) is 66.8 Å². The average Bonchev–Trinajstić information content (AvgIpc) is 3.50. The molecule has 0 aromatic heterocycles. The Labute approximate surface area is 334 Å². The van der Waals surface area contributed by atoms with E-state index in [0.29, 0.717) is 0 Å². The molecule has 0 aliphatic heterocycles. The van der Waals surface area contributed by atoms with Crippen LogP contribution in [0.25, 0.3) is 99.1 Å². The zero-order valence-corrected chi connectivity index (χ0v) is 32.1. The van der Waals surface area contributed by atoms with E-state index in [0.717, 1.165) is 0 Å². The molecule has 0 heteroatoms. The summed E-state index contributed by atoms with van der Waals surface area (Å²) in [6.45, 7) is 4.75. The predicted molar refractivity (Wildman–Crippen MR) is 244 cm³/mol. The number of hydrogen-bond acceptors (Lipinski definition) is 0. The van der Waals surface area contributed by atoms with Crippen LogP contribution in [0.2, 0.25) is 0 Å². The molecule has 0 saturated carbocycles. The van der Waals surface area contributed by atoms with E-state index in [9.17, 15) is 0 Å². The van der Waals surface area contributed by atoms with Gasteiger partial charge in [0, 0.05) is 5.41 Å². The highest BCUT2D eigenvalue weighted by Crippen LogP contribution is 2.52. The summed E-state index contributed by atoms with van der Waals surface area (Å²) in [7, 11) is 0. The highest BCUT2D eigenvalue weighted by Gasteiger charge is 2.35. The third kappa shape index (κ3) is 5.36. The Morgan fingerprint density at radius 1 is 0.263 bits per heavy atom. The SMILES string of the molecule is CC1(C)c2ccccc2-c2ccc(-c3c4ccccc4c(-c4cccc(-c5ccc(-c6ccccc6)cc5)c4)c4ccc(-c5cccc6ccccc56)cc34)cc21.